The lowest BCUT2D eigenvalue weighted by Gasteiger charge is -2.42. The zero-order valence-corrected chi connectivity index (χ0v) is 10.4. The van der Waals surface area contributed by atoms with Gasteiger partial charge in [-0.05, 0) is 45.4 Å². The maximum absolute atomic E-state index is 9.30. The highest BCUT2D eigenvalue weighted by Gasteiger charge is 2.45. The Balaban J connectivity index is 2.03. The largest absolute Gasteiger partial charge is 0.312 e. The van der Waals surface area contributed by atoms with Crippen LogP contribution < -0.4 is 5.73 Å². The van der Waals surface area contributed by atoms with E-state index < -0.39 is 5.54 Å². The fourth-order valence-corrected chi connectivity index (χ4v) is 2.94. The van der Waals surface area contributed by atoms with Crippen molar-refractivity contribution in [3.63, 3.8) is 0 Å². The van der Waals surface area contributed by atoms with Gasteiger partial charge in [0.25, 0.3) is 0 Å². The molecule has 3 atom stereocenters. The molecule has 1 heterocycles. The van der Waals surface area contributed by atoms with E-state index in [-0.39, 0.29) is 0 Å². The van der Waals surface area contributed by atoms with E-state index in [0.717, 1.165) is 19.4 Å². The Kier molecular flexibility index (Phi) is 3.23. The molecule has 0 amide bonds. The molecule has 16 heavy (non-hydrogen) atoms. The van der Waals surface area contributed by atoms with Crippen molar-refractivity contribution < 1.29 is 0 Å². The monoisotopic (exact) mass is 221 g/mol. The van der Waals surface area contributed by atoms with Crippen molar-refractivity contribution in [3.05, 3.63) is 0 Å². The summed E-state index contributed by atoms with van der Waals surface area (Å²) in [7, 11) is 0. The summed E-state index contributed by atoms with van der Waals surface area (Å²) in [6, 6.07) is 3.53. The van der Waals surface area contributed by atoms with Crippen LogP contribution in [0.15, 0.2) is 0 Å². The predicted molar refractivity (Wildman–Crippen MR) is 64.7 cm³/mol. The van der Waals surface area contributed by atoms with Crippen LogP contribution in [0.5, 0.6) is 0 Å². The number of nitriles is 1. The standard InChI is InChI=1S/C13H23N3/c1-10-4-3-5-11(2)16(10)9-13(15,8-14)12-6-7-12/h10-12H,3-7,9,15H2,1-2H3/t10-,11+,13?. The molecule has 0 aromatic carbocycles. The van der Waals surface area contributed by atoms with Crippen LogP contribution >= 0.6 is 0 Å². The van der Waals surface area contributed by atoms with Crippen LogP contribution in [0.2, 0.25) is 0 Å². The fraction of sp³-hybridized carbons (Fsp3) is 0.923. The van der Waals surface area contributed by atoms with Gasteiger partial charge >= 0.3 is 0 Å². The molecule has 1 saturated heterocycles. The van der Waals surface area contributed by atoms with Gasteiger partial charge in [-0.25, -0.2) is 0 Å². The summed E-state index contributed by atoms with van der Waals surface area (Å²) in [5.74, 6) is 0.443. The SMILES string of the molecule is C[C@@H]1CCC[C@H](C)N1CC(N)(C#N)C1CC1. The predicted octanol–water partition coefficient (Wildman–Crippen LogP) is 1.88. The van der Waals surface area contributed by atoms with Gasteiger partial charge < -0.3 is 5.73 Å². The van der Waals surface area contributed by atoms with Crippen LogP contribution in [0.4, 0.5) is 0 Å². The normalized spacial score (nSPS) is 35.4. The smallest absolute Gasteiger partial charge is 0.119 e. The summed E-state index contributed by atoms with van der Waals surface area (Å²) in [6.45, 7) is 5.29. The highest BCUT2D eigenvalue weighted by atomic mass is 15.2. The van der Waals surface area contributed by atoms with Crippen molar-refractivity contribution >= 4 is 0 Å². The molecule has 0 spiro atoms. The maximum Gasteiger partial charge on any atom is 0.119 e. The molecule has 1 saturated carbocycles. The number of likely N-dealkylation sites (tertiary alicyclic amines) is 1. The lowest BCUT2D eigenvalue weighted by Crippen LogP contribution is -2.56. The van der Waals surface area contributed by atoms with E-state index in [1.54, 1.807) is 0 Å². The molecule has 1 aliphatic heterocycles. The quantitative estimate of drug-likeness (QED) is 0.791. The Hall–Kier alpha value is -0.590. The topological polar surface area (TPSA) is 53.0 Å². The second-order valence-electron chi connectivity index (χ2n) is 5.73. The van der Waals surface area contributed by atoms with Gasteiger partial charge in [-0.15, -0.1) is 0 Å². The Morgan fingerprint density at radius 3 is 2.25 bits per heavy atom. The van der Waals surface area contributed by atoms with Crippen molar-refractivity contribution in [1.29, 1.82) is 5.26 Å². The Labute approximate surface area is 98.6 Å². The van der Waals surface area contributed by atoms with Gasteiger partial charge in [-0.1, -0.05) is 6.42 Å². The molecule has 2 N–H and O–H groups in total. The minimum absolute atomic E-state index is 0.443. The summed E-state index contributed by atoms with van der Waals surface area (Å²) in [4.78, 5) is 2.45. The minimum Gasteiger partial charge on any atom is -0.312 e. The Morgan fingerprint density at radius 1 is 1.25 bits per heavy atom. The van der Waals surface area contributed by atoms with E-state index in [4.69, 9.17) is 5.73 Å². The zero-order valence-electron chi connectivity index (χ0n) is 10.4. The van der Waals surface area contributed by atoms with Crippen molar-refractivity contribution in [3.8, 4) is 6.07 Å². The summed E-state index contributed by atoms with van der Waals surface area (Å²) >= 11 is 0. The van der Waals surface area contributed by atoms with Crippen LogP contribution in [0.3, 0.4) is 0 Å². The van der Waals surface area contributed by atoms with Gasteiger partial charge in [-0.2, -0.15) is 5.26 Å². The molecule has 3 heteroatoms. The number of hydrogen-bond donors (Lipinski definition) is 1. The molecule has 0 radical (unpaired) electrons. The first kappa shape index (κ1) is 11.9. The van der Waals surface area contributed by atoms with Crippen LogP contribution in [-0.2, 0) is 0 Å². The van der Waals surface area contributed by atoms with Crippen LogP contribution in [0, 0.1) is 17.2 Å². The summed E-state index contributed by atoms with van der Waals surface area (Å²) in [5.41, 5.74) is 5.66. The van der Waals surface area contributed by atoms with Gasteiger partial charge in [0, 0.05) is 18.6 Å². The number of rotatable bonds is 3. The number of hydrogen-bond acceptors (Lipinski definition) is 3. The van der Waals surface area contributed by atoms with Gasteiger partial charge in [0.2, 0.25) is 0 Å². The maximum atomic E-state index is 9.30. The van der Waals surface area contributed by atoms with Gasteiger partial charge in [0.15, 0.2) is 0 Å². The summed E-state index contributed by atoms with van der Waals surface area (Å²) in [5, 5.41) is 9.30. The average Bonchev–Trinajstić information content (AvgIpc) is 3.07. The average molecular weight is 221 g/mol. The minimum atomic E-state index is -0.597. The summed E-state index contributed by atoms with van der Waals surface area (Å²) < 4.78 is 0. The molecule has 2 aliphatic rings. The highest BCUT2D eigenvalue weighted by Crippen LogP contribution is 2.39. The molecule has 2 fully saturated rings. The first-order chi connectivity index (χ1) is 7.57. The van der Waals surface area contributed by atoms with E-state index in [9.17, 15) is 5.26 Å². The molecular weight excluding hydrogens is 198 g/mol. The third kappa shape index (κ3) is 2.23. The third-order valence-corrected chi connectivity index (χ3v) is 4.33. The highest BCUT2D eigenvalue weighted by molar-refractivity contribution is 5.15. The zero-order chi connectivity index (χ0) is 11.8. The van der Waals surface area contributed by atoms with E-state index in [2.05, 4.69) is 24.8 Å². The number of nitrogens with two attached hydrogens (primary N) is 1. The molecular formula is C13H23N3. The molecule has 2 rings (SSSR count). The third-order valence-electron chi connectivity index (χ3n) is 4.33. The van der Waals surface area contributed by atoms with E-state index >= 15 is 0 Å². The Bertz CT molecular complexity index is 282. The Morgan fingerprint density at radius 2 is 1.81 bits per heavy atom. The first-order valence-corrected chi connectivity index (χ1v) is 6.52. The lowest BCUT2D eigenvalue weighted by atomic mass is 9.90. The molecule has 1 aliphatic carbocycles. The molecule has 90 valence electrons. The van der Waals surface area contributed by atoms with Gasteiger partial charge in [-0.3, -0.25) is 4.90 Å². The van der Waals surface area contributed by atoms with E-state index in [1.807, 2.05) is 0 Å². The van der Waals surface area contributed by atoms with Crippen molar-refractivity contribution in [1.82, 2.24) is 4.90 Å². The van der Waals surface area contributed by atoms with Crippen molar-refractivity contribution in [2.75, 3.05) is 6.54 Å². The summed E-state index contributed by atoms with van der Waals surface area (Å²) in [6.07, 6.45) is 6.08. The molecule has 1 unspecified atom stereocenters. The van der Waals surface area contributed by atoms with Crippen molar-refractivity contribution in [2.45, 2.75) is 63.6 Å². The number of piperidine rings is 1. The second-order valence-corrected chi connectivity index (χ2v) is 5.73. The van der Waals surface area contributed by atoms with Crippen LogP contribution in [-0.4, -0.2) is 29.1 Å². The van der Waals surface area contributed by atoms with Crippen molar-refractivity contribution in [2.24, 2.45) is 11.7 Å². The van der Waals surface area contributed by atoms with E-state index in [1.165, 1.54) is 19.3 Å². The first-order valence-electron chi connectivity index (χ1n) is 6.52. The van der Waals surface area contributed by atoms with Crippen LogP contribution in [0.1, 0.15) is 46.0 Å². The molecule has 0 aromatic rings. The fourth-order valence-electron chi connectivity index (χ4n) is 2.94. The lowest BCUT2D eigenvalue weighted by molar-refractivity contribution is 0.0817. The second kappa shape index (κ2) is 4.35. The molecule has 3 nitrogen and oxygen atoms in total. The molecule has 0 aromatic heterocycles. The van der Waals surface area contributed by atoms with E-state index in [0.29, 0.717) is 18.0 Å². The molecule has 0 bridgehead atoms. The van der Waals surface area contributed by atoms with Gasteiger partial charge in [0.1, 0.15) is 5.54 Å². The van der Waals surface area contributed by atoms with Gasteiger partial charge in [0.05, 0.1) is 6.07 Å². The number of nitrogens with zero attached hydrogens (tertiary/aromatic N) is 2. The van der Waals surface area contributed by atoms with Crippen LogP contribution in [0.25, 0.3) is 0 Å².